The van der Waals surface area contributed by atoms with Crippen LogP contribution < -0.4 is 0 Å². The maximum atomic E-state index is 12.7. The van der Waals surface area contributed by atoms with Crippen LogP contribution >= 0.6 is 0 Å². The van der Waals surface area contributed by atoms with Crippen LogP contribution in [0.1, 0.15) is 41.0 Å². The summed E-state index contributed by atoms with van der Waals surface area (Å²) in [5, 5.41) is 0. The van der Waals surface area contributed by atoms with Gasteiger partial charge in [-0.1, -0.05) is 0 Å². The first-order valence-corrected chi connectivity index (χ1v) is 7.79. The summed E-state index contributed by atoms with van der Waals surface area (Å²) in [5.41, 5.74) is 2.14. The second kappa shape index (κ2) is 5.93. The Labute approximate surface area is 130 Å². The SMILES string of the molecule is COC1COC2(CCN(C(=O)c3ncnc(C)c3C)CC2)C1. The highest BCUT2D eigenvalue weighted by atomic mass is 16.6. The van der Waals surface area contributed by atoms with E-state index in [1.165, 1.54) is 6.33 Å². The van der Waals surface area contributed by atoms with Gasteiger partial charge in [-0.15, -0.1) is 0 Å². The third kappa shape index (κ3) is 2.73. The molecule has 0 N–H and O–H groups in total. The summed E-state index contributed by atoms with van der Waals surface area (Å²) in [6.07, 6.45) is 4.30. The minimum absolute atomic E-state index is 0.000798. The molecule has 120 valence electrons. The fourth-order valence-corrected chi connectivity index (χ4v) is 3.32. The molecule has 3 heterocycles. The molecule has 2 fully saturated rings. The van der Waals surface area contributed by atoms with E-state index in [9.17, 15) is 4.79 Å². The second-order valence-electron chi connectivity index (χ2n) is 6.28. The third-order valence-electron chi connectivity index (χ3n) is 5.01. The molecule has 1 atom stereocenters. The number of hydrogen-bond donors (Lipinski definition) is 0. The average Bonchev–Trinajstić information content (AvgIpc) is 2.93. The van der Waals surface area contributed by atoms with Crippen molar-refractivity contribution in [2.75, 3.05) is 26.8 Å². The lowest BCUT2D eigenvalue weighted by atomic mass is 9.88. The van der Waals surface area contributed by atoms with E-state index in [0.717, 1.165) is 30.5 Å². The Morgan fingerprint density at radius 2 is 2.09 bits per heavy atom. The molecule has 2 saturated heterocycles. The van der Waals surface area contributed by atoms with Crippen LogP contribution in [0.5, 0.6) is 0 Å². The molecule has 1 aromatic rings. The Bertz CT molecular complexity index is 568. The van der Waals surface area contributed by atoms with Crippen molar-refractivity contribution in [2.45, 2.75) is 44.8 Å². The predicted molar refractivity (Wildman–Crippen MR) is 80.7 cm³/mol. The molecule has 1 aromatic heterocycles. The number of hydrogen-bond acceptors (Lipinski definition) is 5. The fourth-order valence-electron chi connectivity index (χ4n) is 3.32. The zero-order chi connectivity index (χ0) is 15.7. The molecule has 0 bridgehead atoms. The maximum absolute atomic E-state index is 12.7. The minimum atomic E-state index is -0.103. The smallest absolute Gasteiger partial charge is 0.272 e. The van der Waals surface area contributed by atoms with E-state index in [4.69, 9.17) is 9.47 Å². The number of ether oxygens (including phenoxy) is 2. The second-order valence-corrected chi connectivity index (χ2v) is 6.28. The van der Waals surface area contributed by atoms with Crippen LogP contribution in [0.3, 0.4) is 0 Å². The lowest BCUT2D eigenvalue weighted by Crippen LogP contribution is -2.47. The summed E-state index contributed by atoms with van der Waals surface area (Å²) in [6.45, 7) is 5.87. The van der Waals surface area contributed by atoms with Gasteiger partial charge < -0.3 is 14.4 Å². The lowest BCUT2D eigenvalue weighted by molar-refractivity contribution is -0.0403. The van der Waals surface area contributed by atoms with E-state index >= 15 is 0 Å². The van der Waals surface area contributed by atoms with Crippen LogP contribution in [-0.4, -0.2) is 59.3 Å². The van der Waals surface area contributed by atoms with Crippen LogP contribution in [-0.2, 0) is 9.47 Å². The van der Waals surface area contributed by atoms with E-state index in [1.54, 1.807) is 7.11 Å². The van der Waals surface area contributed by atoms with Gasteiger partial charge in [-0.2, -0.15) is 0 Å². The van der Waals surface area contributed by atoms with Crippen LogP contribution in [0.25, 0.3) is 0 Å². The standard InChI is InChI=1S/C16H23N3O3/c1-11-12(2)17-10-18-14(11)15(20)19-6-4-16(5-7-19)8-13(21-3)9-22-16/h10,13H,4-9H2,1-3H3. The molecule has 2 aliphatic rings. The van der Waals surface area contributed by atoms with Gasteiger partial charge in [0.25, 0.3) is 5.91 Å². The highest BCUT2D eigenvalue weighted by Gasteiger charge is 2.43. The number of carbonyl (C=O) groups excluding carboxylic acids is 1. The van der Waals surface area contributed by atoms with Crippen molar-refractivity contribution in [3.8, 4) is 0 Å². The Morgan fingerprint density at radius 3 is 2.73 bits per heavy atom. The zero-order valence-electron chi connectivity index (χ0n) is 13.5. The largest absolute Gasteiger partial charge is 0.379 e. The van der Waals surface area contributed by atoms with Gasteiger partial charge in [0.15, 0.2) is 0 Å². The molecule has 1 amide bonds. The third-order valence-corrected chi connectivity index (χ3v) is 5.01. The van der Waals surface area contributed by atoms with Gasteiger partial charge in [0, 0.05) is 37.9 Å². The Hall–Kier alpha value is -1.53. The van der Waals surface area contributed by atoms with E-state index < -0.39 is 0 Å². The van der Waals surface area contributed by atoms with Gasteiger partial charge in [-0.25, -0.2) is 9.97 Å². The summed E-state index contributed by atoms with van der Waals surface area (Å²) in [7, 11) is 1.73. The molecule has 1 spiro atoms. The van der Waals surface area contributed by atoms with Gasteiger partial charge >= 0.3 is 0 Å². The van der Waals surface area contributed by atoms with Gasteiger partial charge in [0.05, 0.1) is 18.3 Å². The number of likely N-dealkylation sites (tertiary alicyclic amines) is 1. The van der Waals surface area contributed by atoms with Crippen LogP contribution in [0, 0.1) is 13.8 Å². The van der Waals surface area contributed by atoms with Gasteiger partial charge in [0.2, 0.25) is 0 Å². The van der Waals surface area contributed by atoms with Crippen molar-refractivity contribution in [3.05, 3.63) is 23.3 Å². The number of piperidine rings is 1. The van der Waals surface area contributed by atoms with Crippen LogP contribution in [0.2, 0.25) is 0 Å². The molecule has 22 heavy (non-hydrogen) atoms. The highest BCUT2D eigenvalue weighted by Crippen LogP contribution is 2.37. The number of aryl methyl sites for hydroxylation is 1. The number of carbonyl (C=O) groups is 1. The number of aromatic nitrogens is 2. The Morgan fingerprint density at radius 1 is 1.36 bits per heavy atom. The fraction of sp³-hybridized carbons (Fsp3) is 0.688. The normalized spacial score (nSPS) is 24.0. The van der Waals surface area contributed by atoms with E-state index in [1.807, 2.05) is 18.7 Å². The van der Waals surface area contributed by atoms with Crippen molar-refractivity contribution in [1.82, 2.24) is 14.9 Å². The number of rotatable bonds is 2. The molecule has 0 aliphatic carbocycles. The molecule has 6 nitrogen and oxygen atoms in total. The summed E-state index contributed by atoms with van der Waals surface area (Å²) in [6, 6.07) is 0. The molecule has 0 saturated carbocycles. The molecule has 2 aliphatic heterocycles. The van der Waals surface area contributed by atoms with Crippen molar-refractivity contribution in [2.24, 2.45) is 0 Å². The Balaban J connectivity index is 1.66. The van der Waals surface area contributed by atoms with Crippen molar-refractivity contribution >= 4 is 5.91 Å². The zero-order valence-corrected chi connectivity index (χ0v) is 13.5. The highest BCUT2D eigenvalue weighted by molar-refractivity contribution is 5.93. The summed E-state index contributed by atoms with van der Waals surface area (Å²) in [5.74, 6) is -0.000798. The predicted octanol–water partition coefficient (Wildman–Crippen LogP) is 1.50. The van der Waals surface area contributed by atoms with Crippen LogP contribution in [0.4, 0.5) is 0 Å². The lowest BCUT2D eigenvalue weighted by Gasteiger charge is -2.38. The summed E-state index contributed by atoms with van der Waals surface area (Å²) < 4.78 is 11.4. The monoisotopic (exact) mass is 305 g/mol. The topological polar surface area (TPSA) is 64.6 Å². The molecule has 3 rings (SSSR count). The molecule has 0 radical (unpaired) electrons. The molecular formula is C16H23N3O3. The van der Waals surface area contributed by atoms with Gasteiger partial charge in [-0.3, -0.25) is 4.79 Å². The first-order chi connectivity index (χ1) is 10.5. The van der Waals surface area contributed by atoms with E-state index in [2.05, 4.69) is 9.97 Å². The van der Waals surface area contributed by atoms with E-state index in [-0.39, 0.29) is 17.6 Å². The van der Waals surface area contributed by atoms with Gasteiger partial charge in [-0.05, 0) is 26.7 Å². The van der Waals surface area contributed by atoms with E-state index in [0.29, 0.717) is 25.4 Å². The van der Waals surface area contributed by atoms with Crippen LogP contribution in [0.15, 0.2) is 6.33 Å². The first-order valence-electron chi connectivity index (χ1n) is 7.79. The summed E-state index contributed by atoms with van der Waals surface area (Å²) >= 11 is 0. The Kier molecular flexibility index (Phi) is 4.14. The minimum Gasteiger partial charge on any atom is -0.379 e. The molecule has 1 unspecified atom stereocenters. The quantitative estimate of drug-likeness (QED) is 0.828. The molecular weight excluding hydrogens is 282 g/mol. The first kappa shape index (κ1) is 15.4. The summed E-state index contributed by atoms with van der Waals surface area (Å²) in [4.78, 5) is 22.8. The van der Waals surface area contributed by atoms with Crippen molar-refractivity contribution in [3.63, 3.8) is 0 Å². The van der Waals surface area contributed by atoms with Crippen molar-refractivity contribution in [1.29, 1.82) is 0 Å². The number of amides is 1. The maximum Gasteiger partial charge on any atom is 0.272 e. The molecule has 6 heteroatoms. The number of methoxy groups -OCH3 is 1. The average molecular weight is 305 g/mol. The number of nitrogens with zero attached hydrogens (tertiary/aromatic N) is 3. The van der Waals surface area contributed by atoms with Gasteiger partial charge in [0.1, 0.15) is 12.0 Å². The van der Waals surface area contributed by atoms with Crippen molar-refractivity contribution < 1.29 is 14.3 Å². The molecule has 0 aromatic carbocycles.